The van der Waals surface area contributed by atoms with Crippen LogP contribution in [0, 0.1) is 0 Å². The first kappa shape index (κ1) is 19.0. The van der Waals surface area contributed by atoms with Crippen molar-refractivity contribution in [3.05, 3.63) is 84.0 Å². The molecule has 3 N–H and O–H groups in total. The van der Waals surface area contributed by atoms with Crippen LogP contribution in [0.2, 0.25) is 0 Å². The molecule has 0 saturated heterocycles. The second-order valence-corrected chi connectivity index (χ2v) is 7.94. The second-order valence-electron chi connectivity index (χ2n) is 7.94. The van der Waals surface area contributed by atoms with Gasteiger partial charge in [0.25, 0.3) is 0 Å². The van der Waals surface area contributed by atoms with Gasteiger partial charge in [-0.1, -0.05) is 36.4 Å². The maximum absolute atomic E-state index is 5.70. The molecule has 3 heterocycles. The highest BCUT2D eigenvalue weighted by atomic mass is 15.2. The minimum atomic E-state index is 0.291. The van der Waals surface area contributed by atoms with Gasteiger partial charge in [-0.15, -0.1) is 0 Å². The highest BCUT2D eigenvalue weighted by molar-refractivity contribution is 6.07. The van der Waals surface area contributed by atoms with Gasteiger partial charge in [0.2, 0.25) is 0 Å². The van der Waals surface area contributed by atoms with Gasteiger partial charge in [0.15, 0.2) is 0 Å². The fraction of sp³-hybridized carbons (Fsp3) is 0.280. The van der Waals surface area contributed by atoms with Crippen molar-refractivity contribution in [1.29, 1.82) is 0 Å². The van der Waals surface area contributed by atoms with E-state index in [1.54, 1.807) is 0 Å². The Kier molecular flexibility index (Phi) is 5.30. The summed E-state index contributed by atoms with van der Waals surface area (Å²) in [6, 6.07) is 15.1. The molecular weight excluding hydrogens is 370 g/mol. The van der Waals surface area contributed by atoms with Crippen LogP contribution in [0.25, 0.3) is 21.8 Å². The van der Waals surface area contributed by atoms with Crippen LogP contribution in [0.3, 0.4) is 0 Å². The summed E-state index contributed by atoms with van der Waals surface area (Å²) in [7, 11) is 0. The van der Waals surface area contributed by atoms with Crippen LogP contribution in [-0.4, -0.2) is 32.9 Å². The Morgan fingerprint density at radius 3 is 2.90 bits per heavy atom. The van der Waals surface area contributed by atoms with Gasteiger partial charge in [-0.2, -0.15) is 0 Å². The molecule has 0 unspecified atom stereocenters. The molecule has 0 saturated carbocycles. The number of para-hydroxylation sites is 1. The molecule has 0 bridgehead atoms. The van der Waals surface area contributed by atoms with Crippen molar-refractivity contribution in [3.8, 4) is 0 Å². The van der Waals surface area contributed by atoms with E-state index in [2.05, 4.69) is 52.4 Å². The zero-order valence-corrected chi connectivity index (χ0v) is 17.1. The summed E-state index contributed by atoms with van der Waals surface area (Å²) in [6.07, 6.45) is 11.5. The molecule has 1 aromatic carbocycles. The molecule has 1 atom stereocenters. The molecular formula is C25H27N5. The monoisotopic (exact) mass is 397 g/mol. The number of aryl methyl sites for hydroxylation is 1. The first-order valence-corrected chi connectivity index (χ1v) is 10.7. The number of H-pyrrole nitrogens is 1. The topological polar surface area (TPSA) is 70.8 Å². The van der Waals surface area contributed by atoms with E-state index in [4.69, 9.17) is 15.7 Å². The molecule has 3 aromatic heterocycles. The summed E-state index contributed by atoms with van der Waals surface area (Å²) < 4.78 is 0. The molecule has 0 fully saturated rings. The Morgan fingerprint density at radius 1 is 1.03 bits per heavy atom. The Bertz CT molecular complexity index is 1190. The number of nitrogens with two attached hydrogens (primary N) is 1. The molecule has 1 aliphatic carbocycles. The van der Waals surface area contributed by atoms with Crippen molar-refractivity contribution < 1.29 is 0 Å². The van der Waals surface area contributed by atoms with Crippen LogP contribution >= 0.6 is 0 Å². The Labute approximate surface area is 176 Å². The SMILES string of the molecule is NC/C=C/CN(Cc1nccc2c1[nH]c1ccccc12)[C@H]1CCCc2cccnc21. The minimum Gasteiger partial charge on any atom is -0.353 e. The van der Waals surface area contributed by atoms with Crippen LogP contribution in [0.4, 0.5) is 0 Å². The lowest BCUT2D eigenvalue weighted by Crippen LogP contribution is -2.32. The van der Waals surface area contributed by atoms with Crippen molar-refractivity contribution in [2.75, 3.05) is 13.1 Å². The van der Waals surface area contributed by atoms with E-state index in [-0.39, 0.29) is 0 Å². The van der Waals surface area contributed by atoms with Crippen LogP contribution in [0.1, 0.15) is 35.8 Å². The number of pyridine rings is 2. The third-order valence-corrected chi connectivity index (χ3v) is 6.11. The third-order valence-electron chi connectivity index (χ3n) is 6.11. The Morgan fingerprint density at radius 2 is 1.97 bits per heavy atom. The predicted octanol–water partition coefficient (Wildman–Crippen LogP) is 4.51. The van der Waals surface area contributed by atoms with Gasteiger partial charge >= 0.3 is 0 Å². The maximum Gasteiger partial charge on any atom is 0.0785 e. The number of nitrogens with zero attached hydrogens (tertiary/aromatic N) is 3. The number of aromatic nitrogens is 3. The maximum atomic E-state index is 5.70. The molecule has 5 heteroatoms. The fourth-order valence-electron chi connectivity index (χ4n) is 4.69. The molecule has 152 valence electrons. The highest BCUT2D eigenvalue weighted by Gasteiger charge is 2.27. The van der Waals surface area contributed by atoms with Crippen LogP contribution in [0.5, 0.6) is 0 Å². The molecule has 5 rings (SSSR count). The summed E-state index contributed by atoms with van der Waals surface area (Å²) in [4.78, 5) is 15.6. The van der Waals surface area contributed by atoms with Gasteiger partial charge in [0.05, 0.1) is 22.9 Å². The Balaban J connectivity index is 1.54. The Hall–Kier alpha value is -3.02. The first-order chi connectivity index (χ1) is 14.8. The normalized spacial score (nSPS) is 16.7. The lowest BCUT2D eigenvalue weighted by Gasteiger charge is -2.34. The molecule has 0 spiro atoms. The lowest BCUT2D eigenvalue weighted by atomic mass is 9.90. The van der Waals surface area contributed by atoms with Crippen LogP contribution in [-0.2, 0) is 13.0 Å². The molecule has 1 aliphatic rings. The summed E-state index contributed by atoms with van der Waals surface area (Å²) in [6.45, 7) is 2.15. The average molecular weight is 398 g/mol. The number of aromatic amines is 1. The van der Waals surface area contributed by atoms with E-state index >= 15 is 0 Å². The first-order valence-electron chi connectivity index (χ1n) is 10.7. The number of hydrogen-bond acceptors (Lipinski definition) is 4. The van der Waals surface area contributed by atoms with Crippen molar-refractivity contribution in [2.24, 2.45) is 5.73 Å². The molecule has 0 aliphatic heterocycles. The number of rotatable bonds is 6. The molecule has 0 radical (unpaired) electrons. The highest BCUT2D eigenvalue weighted by Crippen LogP contribution is 2.34. The standard InChI is InChI=1S/C25H27N5/c26-13-3-4-16-30(23-11-5-7-18-8-6-14-28-24(18)23)17-22-25-20(12-15-27-22)19-9-1-2-10-21(19)29-25/h1-4,6,8-10,12,14-15,23,29H,5,7,11,13,16-17,26H2/b4-3+/t23-/m0/s1. The summed E-state index contributed by atoms with van der Waals surface area (Å²) in [5.74, 6) is 0. The molecule has 0 amide bonds. The average Bonchev–Trinajstić information content (AvgIpc) is 3.18. The lowest BCUT2D eigenvalue weighted by molar-refractivity contribution is 0.183. The van der Waals surface area contributed by atoms with E-state index < -0.39 is 0 Å². The zero-order chi connectivity index (χ0) is 20.3. The van der Waals surface area contributed by atoms with E-state index in [0.717, 1.165) is 42.7 Å². The van der Waals surface area contributed by atoms with E-state index in [1.165, 1.54) is 28.5 Å². The molecule has 4 aromatic rings. The minimum absolute atomic E-state index is 0.291. The van der Waals surface area contributed by atoms with Crippen LogP contribution < -0.4 is 5.73 Å². The summed E-state index contributed by atoms with van der Waals surface area (Å²) in [5.41, 5.74) is 11.7. The smallest absolute Gasteiger partial charge is 0.0785 e. The molecule has 30 heavy (non-hydrogen) atoms. The van der Waals surface area contributed by atoms with Crippen LogP contribution in [0.15, 0.2) is 67.0 Å². The number of benzene rings is 1. The van der Waals surface area contributed by atoms with Gasteiger partial charge in [0.1, 0.15) is 0 Å². The third kappa shape index (κ3) is 3.51. The van der Waals surface area contributed by atoms with Gasteiger partial charge in [0, 0.05) is 48.3 Å². The summed E-state index contributed by atoms with van der Waals surface area (Å²) >= 11 is 0. The quantitative estimate of drug-likeness (QED) is 0.470. The largest absolute Gasteiger partial charge is 0.353 e. The fourth-order valence-corrected chi connectivity index (χ4v) is 4.69. The number of fused-ring (bicyclic) bond motifs is 4. The van der Waals surface area contributed by atoms with Gasteiger partial charge < -0.3 is 10.7 Å². The second kappa shape index (κ2) is 8.38. The zero-order valence-electron chi connectivity index (χ0n) is 17.1. The van der Waals surface area contributed by atoms with Gasteiger partial charge in [-0.05, 0) is 43.0 Å². The van der Waals surface area contributed by atoms with Gasteiger partial charge in [-0.3, -0.25) is 14.9 Å². The van der Waals surface area contributed by atoms with E-state index in [9.17, 15) is 0 Å². The van der Waals surface area contributed by atoms with Crippen molar-refractivity contribution in [3.63, 3.8) is 0 Å². The van der Waals surface area contributed by atoms with Crippen molar-refractivity contribution in [1.82, 2.24) is 19.9 Å². The molecule has 5 nitrogen and oxygen atoms in total. The number of hydrogen-bond donors (Lipinski definition) is 2. The number of nitrogens with one attached hydrogen (secondary N) is 1. The van der Waals surface area contributed by atoms with E-state index in [0.29, 0.717) is 12.6 Å². The summed E-state index contributed by atoms with van der Waals surface area (Å²) in [5, 5.41) is 2.48. The predicted molar refractivity (Wildman–Crippen MR) is 122 cm³/mol. The van der Waals surface area contributed by atoms with E-state index in [1.807, 2.05) is 24.5 Å². The van der Waals surface area contributed by atoms with Crippen molar-refractivity contribution >= 4 is 21.8 Å². The van der Waals surface area contributed by atoms with Gasteiger partial charge in [-0.25, -0.2) is 0 Å². The van der Waals surface area contributed by atoms with Crippen molar-refractivity contribution in [2.45, 2.75) is 31.8 Å².